The van der Waals surface area contributed by atoms with Crippen molar-refractivity contribution in [3.05, 3.63) is 90.2 Å². The van der Waals surface area contributed by atoms with Gasteiger partial charge in [0.2, 0.25) is 11.8 Å². The fourth-order valence-corrected chi connectivity index (χ4v) is 5.67. The Bertz CT molecular complexity index is 1380. The fraction of sp³-hybridized carbons (Fsp3) is 0.355. The summed E-state index contributed by atoms with van der Waals surface area (Å²) in [5, 5.41) is 2.88. The highest BCUT2D eigenvalue weighted by molar-refractivity contribution is 7.92. The molecule has 0 heterocycles. The number of amides is 2. The van der Waals surface area contributed by atoms with Crippen LogP contribution in [0.25, 0.3) is 0 Å². The molecule has 0 fully saturated rings. The molecule has 0 aliphatic carbocycles. The highest BCUT2D eigenvalue weighted by Gasteiger charge is 2.33. The molecule has 0 aromatic heterocycles. The Morgan fingerprint density at radius 1 is 0.927 bits per heavy atom. The van der Waals surface area contributed by atoms with E-state index in [2.05, 4.69) is 5.32 Å². The third-order valence-electron chi connectivity index (χ3n) is 6.38. The number of carbonyl (C=O) groups excluding carboxylic acids is 2. The Morgan fingerprint density at radius 2 is 1.56 bits per heavy atom. The number of benzene rings is 3. The molecule has 1 atom stereocenters. The fourth-order valence-electron chi connectivity index (χ4n) is 4.25. The molecule has 0 saturated heterocycles. The lowest BCUT2D eigenvalue weighted by Crippen LogP contribution is -2.52. The van der Waals surface area contributed by atoms with Crippen molar-refractivity contribution in [3.63, 3.8) is 0 Å². The predicted molar refractivity (Wildman–Crippen MR) is 157 cm³/mol. The molecule has 0 unspecified atom stereocenters. The Balaban J connectivity index is 2.00. The summed E-state index contributed by atoms with van der Waals surface area (Å²) in [5.74, 6) is -0.607. The van der Waals surface area contributed by atoms with Gasteiger partial charge in [-0.3, -0.25) is 13.9 Å². The first-order valence-electron chi connectivity index (χ1n) is 13.7. The molecule has 220 valence electrons. The maximum Gasteiger partial charge on any atom is 0.264 e. The van der Waals surface area contributed by atoms with Gasteiger partial charge >= 0.3 is 0 Å². The van der Waals surface area contributed by atoms with Crippen LogP contribution < -0.4 is 14.4 Å². The second kappa shape index (κ2) is 14.6. The third kappa shape index (κ3) is 8.53. The number of nitrogens with one attached hydrogen (secondary N) is 1. The van der Waals surface area contributed by atoms with Gasteiger partial charge in [-0.25, -0.2) is 12.8 Å². The number of anilines is 1. The number of hydrogen-bond donors (Lipinski definition) is 1. The number of sulfonamides is 1. The SMILES string of the molecule is CCOc1ccc(S(=O)(=O)N(CC(=O)N(Cc2ccc(F)cc2)[C@H](CC)C(=O)NCC(C)C)c2ccccc2)cc1. The van der Waals surface area contributed by atoms with Crippen molar-refractivity contribution in [2.75, 3.05) is 24.0 Å². The summed E-state index contributed by atoms with van der Waals surface area (Å²) in [4.78, 5) is 28.6. The van der Waals surface area contributed by atoms with Gasteiger partial charge in [0.15, 0.2) is 0 Å². The quantitative estimate of drug-likeness (QED) is 0.288. The molecule has 3 rings (SSSR count). The number of rotatable bonds is 14. The van der Waals surface area contributed by atoms with Crippen LogP contribution in [0.1, 0.15) is 39.7 Å². The summed E-state index contributed by atoms with van der Waals surface area (Å²) in [6, 6.07) is 19.1. The van der Waals surface area contributed by atoms with Crippen LogP contribution >= 0.6 is 0 Å². The van der Waals surface area contributed by atoms with Crippen LogP contribution in [-0.2, 0) is 26.2 Å². The van der Waals surface area contributed by atoms with Gasteiger partial charge in [0.1, 0.15) is 24.2 Å². The molecule has 3 aromatic carbocycles. The van der Waals surface area contributed by atoms with Gasteiger partial charge in [-0.05, 0) is 73.4 Å². The first-order valence-corrected chi connectivity index (χ1v) is 15.1. The zero-order valence-corrected chi connectivity index (χ0v) is 24.7. The first-order chi connectivity index (χ1) is 19.6. The van der Waals surface area contributed by atoms with Crippen molar-refractivity contribution in [2.45, 2.75) is 51.6 Å². The van der Waals surface area contributed by atoms with Crippen LogP contribution in [0.15, 0.2) is 83.8 Å². The normalized spacial score (nSPS) is 12.0. The molecule has 3 aromatic rings. The number of nitrogens with zero attached hydrogens (tertiary/aromatic N) is 2. The molecular weight excluding hydrogens is 545 g/mol. The van der Waals surface area contributed by atoms with Gasteiger partial charge in [0.25, 0.3) is 10.0 Å². The molecule has 0 aliphatic rings. The molecule has 0 radical (unpaired) electrons. The van der Waals surface area contributed by atoms with Gasteiger partial charge in [-0.15, -0.1) is 0 Å². The van der Waals surface area contributed by atoms with E-state index >= 15 is 0 Å². The maximum absolute atomic E-state index is 14.0. The number of para-hydroxylation sites is 1. The van der Waals surface area contributed by atoms with Crippen LogP contribution in [0, 0.1) is 11.7 Å². The highest BCUT2D eigenvalue weighted by atomic mass is 32.2. The molecule has 1 N–H and O–H groups in total. The smallest absolute Gasteiger partial charge is 0.264 e. The summed E-state index contributed by atoms with van der Waals surface area (Å²) < 4.78 is 47.9. The number of carbonyl (C=O) groups is 2. The van der Waals surface area contributed by atoms with Crippen LogP contribution in [0.3, 0.4) is 0 Å². The first kappa shape index (κ1) is 31.6. The molecule has 8 nitrogen and oxygen atoms in total. The number of ether oxygens (including phenoxy) is 1. The summed E-state index contributed by atoms with van der Waals surface area (Å²) in [5.41, 5.74) is 0.907. The van der Waals surface area contributed by atoms with Crippen molar-refractivity contribution in [2.24, 2.45) is 5.92 Å². The van der Waals surface area contributed by atoms with E-state index in [1.165, 1.54) is 29.2 Å². The van der Waals surface area contributed by atoms with E-state index in [1.54, 1.807) is 61.5 Å². The lowest BCUT2D eigenvalue weighted by molar-refractivity contribution is -0.140. The van der Waals surface area contributed by atoms with E-state index in [9.17, 15) is 22.4 Å². The minimum Gasteiger partial charge on any atom is -0.494 e. The molecule has 41 heavy (non-hydrogen) atoms. The number of hydrogen-bond acceptors (Lipinski definition) is 5. The second-order valence-corrected chi connectivity index (χ2v) is 11.8. The van der Waals surface area contributed by atoms with E-state index in [-0.39, 0.29) is 23.3 Å². The van der Waals surface area contributed by atoms with E-state index in [4.69, 9.17) is 4.74 Å². The van der Waals surface area contributed by atoms with E-state index in [1.807, 2.05) is 20.8 Å². The molecule has 0 saturated carbocycles. The second-order valence-electron chi connectivity index (χ2n) is 9.96. The Labute approximate surface area is 242 Å². The van der Waals surface area contributed by atoms with Gasteiger partial charge in [-0.2, -0.15) is 0 Å². The average molecular weight is 584 g/mol. The predicted octanol–water partition coefficient (Wildman–Crippen LogP) is 5.00. The summed E-state index contributed by atoms with van der Waals surface area (Å²) in [6.07, 6.45) is 0.299. The summed E-state index contributed by atoms with van der Waals surface area (Å²) in [6.45, 7) is 7.86. The van der Waals surface area contributed by atoms with Crippen LogP contribution in [0.4, 0.5) is 10.1 Å². The largest absolute Gasteiger partial charge is 0.494 e. The Hall–Kier alpha value is -3.92. The van der Waals surface area contributed by atoms with Gasteiger partial charge < -0.3 is 15.0 Å². The van der Waals surface area contributed by atoms with Crippen molar-refractivity contribution in [1.82, 2.24) is 10.2 Å². The van der Waals surface area contributed by atoms with Crippen molar-refractivity contribution >= 4 is 27.5 Å². The monoisotopic (exact) mass is 583 g/mol. The minimum atomic E-state index is -4.19. The van der Waals surface area contributed by atoms with Crippen LogP contribution in [-0.4, -0.2) is 50.9 Å². The summed E-state index contributed by atoms with van der Waals surface area (Å²) in [7, 11) is -4.19. The van der Waals surface area contributed by atoms with Crippen LogP contribution in [0.2, 0.25) is 0 Å². The van der Waals surface area contributed by atoms with Crippen LogP contribution in [0.5, 0.6) is 5.75 Å². The van der Waals surface area contributed by atoms with E-state index in [0.717, 1.165) is 4.31 Å². The average Bonchev–Trinajstić information content (AvgIpc) is 2.96. The lowest BCUT2D eigenvalue weighted by Gasteiger charge is -2.33. The zero-order chi connectivity index (χ0) is 30.0. The van der Waals surface area contributed by atoms with Crippen molar-refractivity contribution in [1.29, 1.82) is 0 Å². The lowest BCUT2D eigenvalue weighted by atomic mass is 10.1. The molecule has 10 heteroatoms. The van der Waals surface area contributed by atoms with Crippen molar-refractivity contribution < 1.29 is 27.1 Å². The van der Waals surface area contributed by atoms with Gasteiger partial charge in [0.05, 0.1) is 17.2 Å². The Kier molecular flexibility index (Phi) is 11.3. The molecular formula is C31H38FN3O5S. The minimum absolute atomic E-state index is 0.00154. The maximum atomic E-state index is 14.0. The van der Waals surface area contributed by atoms with Crippen molar-refractivity contribution in [3.8, 4) is 5.75 Å². The van der Waals surface area contributed by atoms with E-state index in [0.29, 0.717) is 36.6 Å². The molecule has 2 amide bonds. The zero-order valence-electron chi connectivity index (χ0n) is 23.9. The standard InChI is InChI=1S/C31H38FN3O5S/c1-5-29(31(37)33-20-23(3)4)34(21-24-12-14-25(32)15-13-24)30(36)22-35(26-10-8-7-9-11-26)41(38,39)28-18-16-27(17-19-28)40-6-2/h7-19,23,29H,5-6,20-22H2,1-4H3,(H,33,37)/t29-/m1/s1. The summed E-state index contributed by atoms with van der Waals surface area (Å²) >= 11 is 0. The third-order valence-corrected chi connectivity index (χ3v) is 8.17. The highest BCUT2D eigenvalue weighted by Crippen LogP contribution is 2.26. The number of halogens is 1. The molecule has 0 aliphatic heterocycles. The Morgan fingerprint density at radius 3 is 2.12 bits per heavy atom. The van der Waals surface area contributed by atoms with Gasteiger partial charge in [0, 0.05) is 13.1 Å². The molecule has 0 spiro atoms. The van der Waals surface area contributed by atoms with Gasteiger partial charge in [-0.1, -0.05) is 51.1 Å². The van der Waals surface area contributed by atoms with E-state index < -0.39 is 34.3 Å². The topological polar surface area (TPSA) is 96.0 Å². The molecule has 0 bridgehead atoms.